The molecule has 0 saturated carbocycles. The first-order chi connectivity index (χ1) is 13.0. The molecule has 1 aromatic carbocycles. The smallest absolute Gasteiger partial charge is 0.251 e. The first kappa shape index (κ1) is 19.1. The molecule has 27 heavy (non-hydrogen) atoms. The summed E-state index contributed by atoms with van der Waals surface area (Å²) in [7, 11) is 0. The van der Waals surface area contributed by atoms with E-state index in [1.54, 1.807) is 0 Å². The average molecular weight is 367 g/mol. The number of anilines is 2. The van der Waals surface area contributed by atoms with Crippen LogP contribution in [0.1, 0.15) is 46.4 Å². The van der Waals surface area contributed by atoms with Crippen molar-refractivity contribution in [1.29, 1.82) is 0 Å². The second-order valence-corrected chi connectivity index (χ2v) is 7.22. The van der Waals surface area contributed by atoms with Gasteiger partial charge in [0, 0.05) is 43.5 Å². The van der Waals surface area contributed by atoms with Crippen LogP contribution in [0, 0.1) is 20.8 Å². The second kappa shape index (κ2) is 8.84. The zero-order valence-corrected chi connectivity index (χ0v) is 16.5. The van der Waals surface area contributed by atoms with Crippen LogP contribution in [0.3, 0.4) is 0 Å². The van der Waals surface area contributed by atoms with Gasteiger partial charge in [-0.15, -0.1) is 0 Å². The molecule has 3 rings (SSSR count). The normalized spacial score (nSPS) is 14.1. The summed E-state index contributed by atoms with van der Waals surface area (Å²) in [4.78, 5) is 23.7. The van der Waals surface area contributed by atoms with Gasteiger partial charge in [-0.3, -0.25) is 4.79 Å². The summed E-state index contributed by atoms with van der Waals surface area (Å²) in [5, 5.41) is 6.17. The summed E-state index contributed by atoms with van der Waals surface area (Å²) in [5.74, 6) is 1.55. The molecule has 1 saturated heterocycles. The predicted molar refractivity (Wildman–Crippen MR) is 110 cm³/mol. The maximum absolute atomic E-state index is 12.3. The number of piperidine rings is 1. The fourth-order valence-electron chi connectivity index (χ4n) is 3.25. The van der Waals surface area contributed by atoms with Gasteiger partial charge < -0.3 is 15.5 Å². The Balaban J connectivity index is 1.51. The molecule has 0 unspecified atom stereocenters. The number of carbonyl (C=O) groups excluding carboxylic acids is 1. The molecule has 0 spiro atoms. The van der Waals surface area contributed by atoms with Crippen LogP contribution >= 0.6 is 0 Å². The third-order valence-corrected chi connectivity index (χ3v) is 4.98. The van der Waals surface area contributed by atoms with Crippen molar-refractivity contribution in [3.8, 4) is 0 Å². The molecule has 1 aliphatic rings. The third-order valence-electron chi connectivity index (χ3n) is 4.98. The van der Waals surface area contributed by atoms with Gasteiger partial charge in [0.05, 0.1) is 0 Å². The Morgan fingerprint density at radius 3 is 2.52 bits per heavy atom. The van der Waals surface area contributed by atoms with Crippen molar-refractivity contribution < 1.29 is 4.79 Å². The van der Waals surface area contributed by atoms with E-state index in [4.69, 9.17) is 0 Å². The SMILES string of the molecule is Cc1cc(N2CCCCC2)nc(NCCNC(=O)c2ccc(C)c(C)c2)n1. The van der Waals surface area contributed by atoms with Gasteiger partial charge in [0.1, 0.15) is 5.82 Å². The minimum atomic E-state index is -0.0564. The molecule has 1 aliphatic heterocycles. The van der Waals surface area contributed by atoms with Gasteiger partial charge in [0.15, 0.2) is 0 Å². The average Bonchev–Trinajstić information content (AvgIpc) is 2.67. The van der Waals surface area contributed by atoms with E-state index in [0.717, 1.165) is 30.2 Å². The molecular formula is C21H29N5O. The Labute approximate surface area is 161 Å². The van der Waals surface area contributed by atoms with E-state index in [1.165, 1.54) is 24.8 Å². The number of rotatable bonds is 6. The lowest BCUT2D eigenvalue weighted by Gasteiger charge is -2.28. The molecule has 1 aromatic heterocycles. The number of hydrogen-bond acceptors (Lipinski definition) is 5. The monoisotopic (exact) mass is 367 g/mol. The number of aromatic nitrogens is 2. The van der Waals surface area contributed by atoms with Gasteiger partial charge >= 0.3 is 0 Å². The molecular weight excluding hydrogens is 338 g/mol. The van der Waals surface area contributed by atoms with Crippen LogP contribution in [-0.4, -0.2) is 42.1 Å². The number of hydrogen-bond donors (Lipinski definition) is 2. The molecule has 144 valence electrons. The van der Waals surface area contributed by atoms with Gasteiger partial charge in [-0.2, -0.15) is 4.98 Å². The Morgan fingerprint density at radius 1 is 1.00 bits per heavy atom. The molecule has 1 amide bonds. The Bertz CT molecular complexity index is 799. The summed E-state index contributed by atoms with van der Waals surface area (Å²) in [6, 6.07) is 7.80. The highest BCUT2D eigenvalue weighted by Crippen LogP contribution is 2.19. The first-order valence-electron chi connectivity index (χ1n) is 9.73. The summed E-state index contributed by atoms with van der Waals surface area (Å²) in [5.41, 5.74) is 3.96. The summed E-state index contributed by atoms with van der Waals surface area (Å²) >= 11 is 0. The lowest BCUT2D eigenvalue weighted by molar-refractivity contribution is 0.0955. The lowest BCUT2D eigenvalue weighted by Crippen LogP contribution is -2.31. The molecule has 6 heteroatoms. The Morgan fingerprint density at radius 2 is 1.78 bits per heavy atom. The maximum atomic E-state index is 12.3. The van der Waals surface area contributed by atoms with E-state index < -0.39 is 0 Å². The van der Waals surface area contributed by atoms with E-state index in [-0.39, 0.29) is 5.91 Å². The topological polar surface area (TPSA) is 70.2 Å². The van der Waals surface area contributed by atoms with Crippen molar-refractivity contribution in [2.75, 3.05) is 36.4 Å². The van der Waals surface area contributed by atoms with Gasteiger partial charge in [0.25, 0.3) is 5.91 Å². The van der Waals surface area contributed by atoms with Gasteiger partial charge in [0.2, 0.25) is 5.95 Å². The number of carbonyl (C=O) groups is 1. The van der Waals surface area contributed by atoms with E-state index in [1.807, 2.05) is 45.0 Å². The lowest BCUT2D eigenvalue weighted by atomic mass is 10.1. The molecule has 0 radical (unpaired) electrons. The van der Waals surface area contributed by atoms with Crippen molar-refractivity contribution in [3.63, 3.8) is 0 Å². The maximum Gasteiger partial charge on any atom is 0.251 e. The van der Waals surface area contributed by atoms with Crippen LogP contribution in [-0.2, 0) is 0 Å². The van der Waals surface area contributed by atoms with Crippen LogP contribution < -0.4 is 15.5 Å². The summed E-state index contributed by atoms with van der Waals surface area (Å²) < 4.78 is 0. The fraction of sp³-hybridized carbons (Fsp3) is 0.476. The van der Waals surface area contributed by atoms with Crippen molar-refractivity contribution in [1.82, 2.24) is 15.3 Å². The van der Waals surface area contributed by atoms with E-state index in [0.29, 0.717) is 24.6 Å². The number of benzene rings is 1. The number of amides is 1. The summed E-state index contributed by atoms with van der Waals surface area (Å²) in [6.07, 6.45) is 3.73. The largest absolute Gasteiger partial charge is 0.356 e. The first-order valence-corrected chi connectivity index (χ1v) is 9.73. The number of aryl methyl sites for hydroxylation is 3. The van der Waals surface area contributed by atoms with Crippen molar-refractivity contribution >= 4 is 17.7 Å². The third kappa shape index (κ3) is 5.18. The standard InChI is InChI=1S/C21H29N5O/c1-15-7-8-18(13-16(15)2)20(27)22-9-10-23-21-24-17(3)14-19(25-21)26-11-5-4-6-12-26/h7-8,13-14H,4-6,9-12H2,1-3H3,(H,22,27)(H,23,24,25). The highest BCUT2D eigenvalue weighted by atomic mass is 16.1. The molecule has 2 aromatic rings. The van der Waals surface area contributed by atoms with Crippen LogP contribution in [0.25, 0.3) is 0 Å². The number of nitrogens with one attached hydrogen (secondary N) is 2. The van der Waals surface area contributed by atoms with Gasteiger partial charge in [-0.05, 0) is 63.3 Å². The molecule has 0 atom stereocenters. The van der Waals surface area contributed by atoms with Gasteiger partial charge in [-0.25, -0.2) is 4.98 Å². The van der Waals surface area contributed by atoms with Crippen molar-refractivity contribution in [2.45, 2.75) is 40.0 Å². The second-order valence-electron chi connectivity index (χ2n) is 7.22. The van der Waals surface area contributed by atoms with E-state index >= 15 is 0 Å². The predicted octanol–water partition coefficient (Wildman–Crippen LogP) is 3.23. The molecule has 0 aliphatic carbocycles. The Kier molecular flexibility index (Phi) is 6.27. The van der Waals surface area contributed by atoms with E-state index in [2.05, 4.69) is 25.5 Å². The molecule has 1 fully saturated rings. The fourth-order valence-corrected chi connectivity index (χ4v) is 3.25. The van der Waals surface area contributed by atoms with Crippen LogP contribution in [0.5, 0.6) is 0 Å². The quantitative estimate of drug-likeness (QED) is 0.767. The van der Waals surface area contributed by atoms with E-state index in [9.17, 15) is 4.79 Å². The van der Waals surface area contributed by atoms with Crippen LogP contribution in [0.15, 0.2) is 24.3 Å². The molecule has 0 bridgehead atoms. The number of nitrogens with zero attached hydrogens (tertiary/aromatic N) is 3. The highest BCUT2D eigenvalue weighted by molar-refractivity contribution is 5.94. The van der Waals surface area contributed by atoms with Crippen molar-refractivity contribution in [3.05, 3.63) is 46.6 Å². The minimum absolute atomic E-state index is 0.0564. The zero-order chi connectivity index (χ0) is 19.2. The highest BCUT2D eigenvalue weighted by Gasteiger charge is 2.14. The minimum Gasteiger partial charge on any atom is -0.356 e. The van der Waals surface area contributed by atoms with Gasteiger partial charge in [-0.1, -0.05) is 6.07 Å². The molecule has 2 N–H and O–H groups in total. The van der Waals surface area contributed by atoms with Crippen LogP contribution in [0.2, 0.25) is 0 Å². The molecule has 2 heterocycles. The van der Waals surface area contributed by atoms with Crippen LogP contribution in [0.4, 0.5) is 11.8 Å². The summed E-state index contributed by atoms with van der Waals surface area (Å²) in [6.45, 7) is 9.26. The zero-order valence-electron chi connectivity index (χ0n) is 16.5. The Hall–Kier alpha value is -2.63. The van der Waals surface area contributed by atoms with Crippen molar-refractivity contribution in [2.24, 2.45) is 0 Å². The molecule has 6 nitrogen and oxygen atoms in total.